The summed E-state index contributed by atoms with van der Waals surface area (Å²) in [7, 11) is 1.55. The molecule has 2 rings (SSSR count). The molecule has 1 aliphatic rings. The molecule has 5 nitrogen and oxygen atoms in total. The summed E-state index contributed by atoms with van der Waals surface area (Å²) in [5, 5.41) is 2.83. The second kappa shape index (κ2) is 5.62. The lowest BCUT2D eigenvalue weighted by atomic mass is 10.2. The van der Waals surface area contributed by atoms with Gasteiger partial charge in [-0.2, -0.15) is 0 Å². The van der Waals surface area contributed by atoms with Gasteiger partial charge in [-0.05, 0) is 31.4 Å². The Hall–Kier alpha value is -1.91. The third-order valence-electron chi connectivity index (χ3n) is 2.94. The van der Waals surface area contributed by atoms with Crippen LogP contribution in [0.1, 0.15) is 19.3 Å². The number of rotatable bonds is 3. The van der Waals surface area contributed by atoms with E-state index in [-0.39, 0.29) is 5.91 Å². The molecule has 1 saturated heterocycles. The number of carbonyl (C=O) groups is 1. The normalized spacial score (nSPS) is 19.8. The van der Waals surface area contributed by atoms with E-state index in [1.54, 1.807) is 25.3 Å². The zero-order valence-corrected chi connectivity index (χ0v) is 10.4. The molecular formula is C13H18N2O3. The highest BCUT2D eigenvalue weighted by Crippen LogP contribution is 2.30. The SMILES string of the molecule is COc1cc(N)ccc1OC1CCCCNC1=O. The summed E-state index contributed by atoms with van der Waals surface area (Å²) in [6.07, 6.45) is 2.23. The van der Waals surface area contributed by atoms with Gasteiger partial charge in [-0.1, -0.05) is 0 Å². The Labute approximate surface area is 106 Å². The van der Waals surface area contributed by atoms with E-state index in [1.165, 1.54) is 0 Å². The molecule has 0 radical (unpaired) electrons. The van der Waals surface area contributed by atoms with E-state index < -0.39 is 6.10 Å². The van der Waals surface area contributed by atoms with E-state index in [9.17, 15) is 4.79 Å². The molecule has 1 unspecified atom stereocenters. The number of nitrogens with two attached hydrogens (primary N) is 1. The predicted octanol–water partition coefficient (Wildman–Crippen LogP) is 1.32. The maximum atomic E-state index is 11.8. The van der Waals surface area contributed by atoms with Crippen LogP contribution in [0.25, 0.3) is 0 Å². The fraction of sp³-hybridized carbons (Fsp3) is 0.462. The highest BCUT2D eigenvalue weighted by Gasteiger charge is 2.23. The molecule has 0 aromatic heterocycles. The number of methoxy groups -OCH3 is 1. The quantitative estimate of drug-likeness (QED) is 0.794. The van der Waals surface area contributed by atoms with Crippen molar-refractivity contribution < 1.29 is 14.3 Å². The molecule has 1 fully saturated rings. The van der Waals surface area contributed by atoms with Crippen LogP contribution in [0.3, 0.4) is 0 Å². The zero-order chi connectivity index (χ0) is 13.0. The molecule has 1 amide bonds. The van der Waals surface area contributed by atoms with Gasteiger partial charge in [0.15, 0.2) is 17.6 Å². The molecule has 0 aliphatic carbocycles. The number of anilines is 1. The van der Waals surface area contributed by atoms with E-state index >= 15 is 0 Å². The van der Waals surface area contributed by atoms with E-state index in [4.69, 9.17) is 15.2 Å². The van der Waals surface area contributed by atoms with Gasteiger partial charge in [-0.25, -0.2) is 0 Å². The topological polar surface area (TPSA) is 73.6 Å². The number of hydrogen-bond acceptors (Lipinski definition) is 4. The van der Waals surface area contributed by atoms with E-state index in [0.29, 0.717) is 17.2 Å². The summed E-state index contributed by atoms with van der Waals surface area (Å²) in [4.78, 5) is 11.8. The van der Waals surface area contributed by atoms with Gasteiger partial charge in [0.05, 0.1) is 7.11 Å². The molecule has 98 valence electrons. The average Bonchev–Trinajstić information content (AvgIpc) is 2.57. The Balaban J connectivity index is 2.14. The van der Waals surface area contributed by atoms with Crippen LogP contribution in [0.2, 0.25) is 0 Å². The minimum atomic E-state index is -0.454. The van der Waals surface area contributed by atoms with Crippen molar-refractivity contribution in [2.45, 2.75) is 25.4 Å². The minimum Gasteiger partial charge on any atom is -0.493 e. The second-order valence-electron chi connectivity index (χ2n) is 4.30. The first-order chi connectivity index (χ1) is 8.70. The van der Waals surface area contributed by atoms with Crippen molar-refractivity contribution in [3.8, 4) is 11.5 Å². The second-order valence-corrected chi connectivity index (χ2v) is 4.30. The lowest BCUT2D eigenvalue weighted by Crippen LogP contribution is -2.36. The number of amides is 1. The standard InChI is InChI=1S/C13H18N2O3/c1-17-12-8-9(14)5-6-10(12)18-11-4-2-3-7-15-13(11)16/h5-6,8,11H,2-4,7,14H2,1H3,(H,15,16). The van der Waals surface area contributed by atoms with Crippen LogP contribution < -0.4 is 20.5 Å². The number of hydrogen-bond donors (Lipinski definition) is 2. The van der Waals surface area contributed by atoms with Crippen LogP contribution >= 0.6 is 0 Å². The highest BCUT2D eigenvalue weighted by molar-refractivity contribution is 5.81. The molecule has 0 saturated carbocycles. The van der Waals surface area contributed by atoms with Crippen molar-refractivity contribution in [3.05, 3.63) is 18.2 Å². The predicted molar refractivity (Wildman–Crippen MR) is 68.7 cm³/mol. The van der Waals surface area contributed by atoms with Gasteiger partial charge in [-0.15, -0.1) is 0 Å². The molecular weight excluding hydrogens is 232 g/mol. The van der Waals surface area contributed by atoms with E-state index in [1.807, 2.05) is 0 Å². The molecule has 1 atom stereocenters. The van der Waals surface area contributed by atoms with Crippen LogP contribution in [0.15, 0.2) is 18.2 Å². The molecule has 1 aromatic rings. The van der Waals surface area contributed by atoms with Crippen LogP contribution in [0.4, 0.5) is 5.69 Å². The Morgan fingerprint density at radius 3 is 2.94 bits per heavy atom. The summed E-state index contributed by atoms with van der Waals surface area (Å²) < 4.78 is 10.9. The lowest BCUT2D eigenvalue weighted by molar-refractivity contribution is -0.127. The van der Waals surface area contributed by atoms with Gasteiger partial charge in [0.25, 0.3) is 5.91 Å². The van der Waals surface area contributed by atoms with Crippen molar-refractivity contribution in [2.75, 3.05) is 19.4 Å². The Bertz CT molecular complexity index is 434. The van der Waals surface area contributed by atoms with Crippen LogP contribution in [-0.4, -0.2) is 25.7 Å². The summed E-state index contributed by atoms with van der Waals surface area (Å²) >= 11 is 0. The fourth-order valence-electron chi connectivity index (χ4n) is 1.96. The monoisotopic (exact) mass is 250 g/mol. The number of benzene rings is 1. The first-order valence-electron chi connectivity index (χ1n) is 6.08. The molecule has 3 N–H and O–H groups in total. The number of nitrogen functional groups attached to an aromatic ring is 1. The largest absolute Gasteiger partial charge is 0.493 e. The van der Waals surface area contributed by atoms with Gasteiger partial charge in [0, 0.05) is 18.3 Å². The van der Waals surface area contributed by atoms with Gasteiger partial charge in [0.1, 0.15) is 0 Å². The van der Waals surface area contributed by atoms with Crippen molar-refractivity contribution >= 4 is 11.6 Å². The first kappa shape index (κ1) is 12.5. The molecule has 0 spiro atoms. The van der Waals surface area contributed by atoms with E-state index in [2.05, 4.69) is 5.32 Å². The third-order valence-corrected chi connectivity index (χ3v) is 2.94. The van der Waals surface area contributed by atoms with Gasteiger partial charge in [0.2, 0.25) is 0 Å². The summed E-state index contributed by atoms with van der Waals surface area (Å²) in [6, 6.07) is 5.14. The summed E-state index contributed by atoms with van der Waals surface area (Å²) in [6.45, 7) is 0.720. The Kier molecular flexibility index (Phi) is 3.92. The van der Waals surface area contributed by atoms with Crippen molar-refractivity contribution in [1.82, 2.24) is 5.32 Å². The average molecular weight is 250 g/mol. The molecule has 1 aromatic carbocycles. The van der Waals surface area contributed by atoms with Crippen molar-refractivity contribution in [3.63, 3.8) is 0 Å². The fourth-order valence-corrected chi connectivity index (χ4v) is 1.96. The maximum Gasteiger partial charge on any atom is 0.261 e. The molecule has 1 aliphatic heterocycles. The van der Waals surface area contributed by atoms with Crippen molar-refractivity contribution in [1.29, 1.82) is 0 Å². The third kappa shape index (κ3) is 2.85. The lowest BCUT2D eigenvalue weighted by Gasteiger charge is -2.18. The maximum absolute atomic E-state index is 11.8. The zero-order valence-electron chi connectivity index (χ0n) is 10.4. The summed E-state index contributed by atoms with van der Waals surface area (Å²) in [5.41, 5.74) is 6.28. The summed E-state index contributed by atoms with van der Waals surface area (Å²) in [5.74, 6) is 1.03. The number of carbonyl (C=O) groups excluding carboxylic acids is 1. The molecule has 1 heterocycles. The van der Waals surface area contributed by atoms with E-state index in [0.717, 1.165) is 25.8 Å². The van der Waals surface area contributed by atoms with Crippen LogP contribution in [0.5, 0.6) is 11.5 Å². The number of ether oxygens (including phenoxy) is 2. The minimum absolute atomic E-state index is 0.0635. The van der Waals surface area contributed by atoms with Gasteiger partial charge in [-0.3, -0.25) is 4.79 Å². The van der Waals surface area contributed by atoms with Crippen LogP contribution in [0, 0.1) is 0 Å². The highest BCUT2D eigenvalue weighted by atomic mass is 16.5. The van der Waals surface area contributed by atoms with Gasteiger partial charge >= 0.3 is 0 Å². The Morgan fingerprint density at radius 1 is 1.33 bits per heavy atom. The molecule has 5 heteroatoms. The Morgan fingerprint density at radius 2 is 2.17 bits per heavy atom. The first-order valence-corrected chi connectivity index (χ1v) is 6.08. The smallest absolute Gasteiger partial charge is 0.261 e. The van der Waals surface area contributed by atoms with Crippen molar-refractivity contribution in [2.24, 2.45) is 0 Å². The number of nitrogens with one attached hydrogen (secondary N) is 1. The molecule has 18 heavy (non-hydrogen) atoms. The van der Waals surface area contributed by atoms with Gasteiger partial charge < -0.3 is 20.5 Å². The van der Waals surface area contributed by atoms with Crippen LogP contribution in [-0.2, 0) is 4.79 Å². The molecule has 0 bridgehead atoms.